The van der Waals surface area contributed by atoms with Gasteiger partial charge in [0.25, 0.3) is 5.91 Å². The Hall–Kier alpha value is -2.88. The maximum Gasteiger partial charge on any atom is 0.267 e. The van der Waals surface area contributed by atoms with Gasteiger partial charge in [-0.15, -0.1) is 11.3 Å². The number of carbonyl (C=O) groups excluding carboxylic acids is 3. The minimum atomic E-state index is -0.836. The van der Waals surface area contributed by atoms with Gasteiger partial charge in [0.1, 0.15) is 16.6 Å². The van der Waals surface area contributed by atoms with E-state index in [0.29, 0.717) is 5.69 Å². The van der Waals surface area contributed by atoms with Crippen LogP contribution in [0.25, 0.3) is 10.2 Å². The summed E-state index contributed by atoms with van der Waals surface area (Å²) in [5, 5.41) is 17.3. The number of aliphatic hydroxyl groups is 1. The van der Waals surface area contributed by atoms with Crippen molar-refractivity contribution >= 4 is 50.9 Å². The Kier molecular flexibility index (Phi) is 7.89. The molecule has 2 aromatic heterocycles. The molecule has 1 unspecified atom stereocenters. The molecule has 3 aromatic rings. The van der Waals surface area contributed by atoms with Crippen molar-refractivity contribution in [2.75, 3.05) is 13.7 Å². The van der Waals surface area contributed by atoms with Crippen LogP contribution in [0, 0.1) is 0 Å². The zero-order valence-corrected chi connectivity index (χ0v) is 19.3. The van der Waals surface area contributed by atoms with Gasteiger partial charge in [-0.05, 0) is 36.1 Å². The number of amides is 3. The minimum Gasteiger partial charge on any atom is -0.394 e. The van der Waals surface area contributed by atoms with Gasteiger partial charge in [-0.3, -0.25) is 14.4 Å². The number of likely N-dealkylation sites (N-methyl/N-ethyl adjacent to an activating group) is 1. The van der Waals surface area contributed by atoms with Crippen molar-refractivity contribution in [2.45, 2.75) is 31.8 Å². The second-order valence-electron chi connectivity index (χ2n) is 7.42. The average molecular weight is 477 g/mol. The summed E-state index contributed by atoms with van der Waals surface area (Å²) >= 11 is 7.40. The molecule has 0 fully saturated rings. The smallest absolute Gasteiger partial charge is 0.267 e. The summed E-state index contributed by atoms with van der Waals surface area (Å²) < 4.78 is 0.731. The summed E-state index contributed by atoms with van der Waals surface area (Å²) in [7, 11) is 1.44. The lowest BCUT2D eigenvalue weighted by molar-refractivity contribution is -0.128. The highest BCUT2D eigenvalue weighted by atomic mass is 35.5. The molecule has 5 N–H and O–H groups in total. The molecule has 1 aliphatic rings. The molecule has 0 bridgehead atoms. The Morgan fingerprint density at radius 2 is 1.88 bits per heavy atom. The maximum atomic E-state index is 12.3. The van der Waals surface area contributed by atoms with Crippen LogP contribution in [0.15, 0.2) is 36.4 Å². The predicted molar refractivity (Wildman–Crippen MR) is 125 cm³/mol. The fourth-order valence-electron chi connectivity index (χ4n) is 3.55. The van der Waals surface area contributed by atoms with E-state index >= 15 is 0 Å². The first-order valence-corrected chi connectivity index (χ1v) is 11.3. The van der Waals surface area contributed by atoms with E-state index in [1.807, 2.05) is 24.3 Å². The van der Waals surface area contributed by atoms with Crippen molar-refractivity contribution in [3.8, 4) is 0 Å². The largest absolute Gasteiger partial charge is 0.394 e. The highest BCUT2D eigenvalue weighted by molar-refractivity contribution is 7.22. The van der Waals surface area contributed by atoms with Crippen LogP contribution in [0.4, 0.5) is 0 Å². The van der Waals surface area contributed by atoms with E-state index in [2.05, 4.69) is 33.1 Å². The highest BCUT2D eigenvalue weighted by Crippen LogP contribution is 2.29. The number of nitrogens with one attached hydrogen (secondary N) is 4. The summed E-state index contributed by atoms with van der Waals surface area (Å²) in [6.45, 7) is 0.894. The van der Waals surface area contributed by atoms with E-state index in [-0.39, 0.29) is 24.5 Å². The van der Waals surface area contributed by atoms with Crippen LogP contribution in [-0.4, -0.2) is 53.6 Å². The summed E-state index contributed by atoms with van der Waals surface area (Å²) in [5.74, 6) is -0.789. The fourth-order valence-corrected chi connectivity index (χ4v) is 4.68. The van der Waals surface area contributed by atoms with Gasteiger partial charge in [0.05, 0.1) is 10.9 Å². The molecule has 10 heteroatoms. The first-order valence-electron chi connectivity index (χ1n) is 10.1. The van der Waals surface area contributed by atoms with Crippen LogP contribution in [-0.2, 0) is 22.4 Å². The van der Waals surface area contributed by atoms with Crippen LogP contribution in [0.5, 0.6) is 0 Å². The number of aliphatic hydroxyl groups excluding tert-OH is 1. The van der Waals surface area contributed by atoms with Gasteiger partial charge in [-0.2, -0.15) is 0 Å². The Morgan fingerprint density at radius 1 is 1.22 bits per heavy atom. The fraction of sp³-hybridized carbons (Fsp3) is 0.318. The maximum absolute atomic E-state index is 12.3. The highest BCUT2D eigenvalue weighted by Gasteiger charge is 2.23. The van der Waals surface area contributed by atoms with E-state index in [1.165, 1.54) is 36.4 Å². The second-order valence-corrected chi connectivity index (χ2v) is 9.10. The number of hydrogen-bond acceptors (Lipinski definition) is 5. The number of halogens is 1. The SMILES string of the molecule is CNC(=O)C(CO)NC(C)=O.O=C(NC1Cc2ccccc2C1)c1cc2cc(Cl)sc2[nH]1. The number of benzene rings is 1. The van der Waals surface area contributed by atoms with Gasteiger partial charge in [0.2, 0.25) is 11.8 Å². The quantitative estimate of drug-likeness (QED) is 0.386. The zero-order chi connectivity index (χ0) is 23.3. The monoisotopic (exact) mass is 476 g/mol. The van der Waals surface area contributed by atoms with Crippen molar-refractivity contribution in [3.63, 3.8) is 0 Å². The lowest BCUT2D eigenvalue weighted by atomic mass is 10.1. The number of fused-ring (bicyclic) bond motifs is 2. The predicted octanol–water partition coefficient (Wildman–Crippen LogP) is 2.01. The van der Waals surface area contributed by atoms with Crippen molar-refractivity contribution in [3.05, 3.63) is 57.6 Å². The number of hydrogen-bond donors (Lipinski definition) is 5. The van der Waals surface area contributed by atoms with Crippen molar-refractivity contribution in [1.82, 2.24) is 20.9 Å². The summed E-state index contributed by atoms with van der Waals surface area (Å²) in [6.07, 6.45) is 1.81. The Balaban J connectivity index is 0.000000226. The molecular formula is C22H25ClN4O4S. The van der Waals surface area contributed by atoms with Crippen molar-refractivity contribution in [2.24, 2.45) is 0 Å². The first-order chi connectivity index (χ1) is 15.3. The number of H-pyrrole nitrogens is 1. The van der Waals surface area contributed by atoms with Crippen LogP contribution >= 0.6 is 22.9 Å². The van der Waals surface area contributed by atoms with Crippen LogP contribution in [0.1, 0.15) is 28.5 Å². The van der Waals surface area contributed by atoms with E-state index in [9.17, 15) is 14.4 Å². The topological polar surface area (TPSA) is 123 Å². The molecule has 8 nitrogen and oxygen atoms in total. The van der Waals surface area contributed by atoms with Gasteiger partial charge in [0, 0.05) is 25.4 Å². The van der Waals surface area contributed by atoms with Crippen LogP contribution in [0.2, 0.25) is 4.34 Å². The van der Waals surface area contributed by atoms with E-state index < -0.39 is 11.9 Å². The Bertz CT molecular complexity index is 1070. The van der Waals surface area contributed by atoms with Gasteiger partial charge in [0.15, 0.2) is 0 Å². The van der Waals surface area contributed by atoms with Gasteiger partial charge in [-0.25, -0.2) is 0 Å². The number of aromatic amines is 1. The lowest BCUT2D eigenvalue weighted by Crippen LogP contribution is -2.47. The molecule has 0 saturated carbocycles. The molecule has 32 heavy (non-hydrogen) atoms. The molecule has 170 valence electrons. The molecule has 3 amide bonds. The number of rotatable bonds is 5. The number of carbonyl (C=O) groups is 3. The number of aromatic nitrogens is 1. The molecule has 0 spiro atoms. The minimum absolute atomic E-state index is 0.0488. The Morgan fingerprint density at radius 3 is 2.41 bits per heavy atom. The normalized spacial score (nSPS) is 13.6. The van der Waals surface area contributed by atoms with Crippen LogP contribution < -0.4 is 16.0 Å². The lowest BCUT2D eigenvalue weighted by Gasteiger charge is -2.12. The average Bonchev–Trinajstić information content (AvgIpc) is 3.43. The molecule has 0 aliphatic heterocycles. The molecule has 1 aromatic carbocycles. The van der Waals surface area contributed by atoms with Crippen LogP contribution in [0.3, 0.4) is 0 Å². The van der Waals surface area contributed by atoms with Crippen molar-refractivity contribution < 1.29 is 19.5 Å². The van der Waals surface area contributed by atoms with Gasteiger partial charge >= 0.3 is 0 Å². The van der Waals surface area contributed by atoms with E-state index in [1.54, 1.807) is 0 Å². The molecule has 4 rings (SSSR count). The molecule has 1 aliphatic carbocycles. The molecule has 1 atom stereocenters. The Labute approximate surface area is 194 Å². The second kappa shape index (κ2) is 10.6. The first kappa shape index (κ1) is 23.8. The van der Waals surface area contributed by atoms with Gasteiger partial charge < -0.3 is 26.0 Å². The standard InChI is InChI=1S/C16H13ClN2OS.C6H12N2O3/c17-14-8-11-7-13(19-16(11)21-14)15(20)18-12-5-9-3-1-2-4-10(9)6-12;1-4(10)8-5(3-9)6(11)7-2/h1-4,7-8,12,19H,5-6H2,(H,18,20);5,9H,3H2,1-2H3,(H,7,11)(H,8,10). The molecular weight excluding hydrogens is 452 g/mol. The third kappa shape index (κ3) is 5.87. The third-order valence-electron chi connectivity index (χ3n) is 5.03. The zero-order valence-electron chi connectivity index (χ0n) is 17.7. The van der Waals surface area contributed by atoms with E-state index in [4.69, 9.17) is 16.7 Å². The van der Waals surface area contributed by atoms with Crippen molar-refractivity contribution in [1.29, 1.82) is 0 Å². The van der Waals surface area contributed by atoms with Gasteiger partial charge in [-0.1, -0.05) is 35.9 Å². The number of thiophene rings is 1. The van der Waals surface area contributed by atoms with E-state index in [0.717, 1.165) is 27.4 Å². The molecule has 0 saturated heterocycles. The summed E-state index contributed by atoms with van der Waals surface area (Å²) in [5.41, 5.74) is 3.27. The summed E-state index contributed by atoms with van der Waals surface area (Å²) in [6, 6.07) is 11.4. The molecule has 0 radical (unpaired) electrons. The third-order valence-corrected chi connectivity index (χ3v) is 6.23. The summed E-state index contributed by atoms with van der Waals surface area (Å²) in [4.78, 5) is 37.6. The molecule has 2 heterocycles.